The topological polar surface area (TPSA) is 72.2 Å². The number of benzene rings is 1. The second kappa shape index (κ2) is 5.17. The van der Waals surface area contributed by atoms with Crippen molar-refractivity contribution >= 4 is 15.7 Å². The van der Waals surface area contributed by atoms with Crippen LogP contribution in [0.1, 0.15) is 13.3 Å². The summed E-state index contributed by atoms with van der Waals surface area (Å²) in [4.78, 5) is -0.209. The second-order valence-corrected chi connectivity index (χ2v) is 5.36. The van der Waals surface area contributed by atoms with Gasteiger partial charge < -0.3 is 5.73 Å². The van der Waals surface area contributed by atoms with Crippen molar-refractivity contribution < 1.29 is 12.8 Å². The summed E-state index contributed by atoms with van der Waals surface area (Å²) in [5, 5.41) is 0. The summed E-state index contributed by atoms with van der Waals surface area (Å²) in [6, 6.07) is 2.72. The summed E-state index contributed by atoms with van der Waals surface area (Å²) in [6.07, 6.45) is 5.32. The van der Waals surface area contributed by atoms with Gasteiger partial charge >= 0.3 is 0 Å². The average Bonchev–Trinajstić information content (AvgIpc) is 2.15. The first-order chi connectivity index (χ1) is 7.85. The monoisotopic (exact) mass is 256 g/mol. The zero-order valence-electron chi connectivity index (χ0n) is 9.27. The number of hydrogen-bond acceptors (Lipinski definition) is 3. The Bertz CT molecular complexity index is 529. The minimum absolute atomic E-state index is 0.0509. The van der Waals surface area contributed by atoms with Crippen LogP contribution in [-0.2, 0) is 10.0 Å². The fourth-order valence-corrected chi connectivity index (χ4v) is 2.60. The SMILES string of the molecule is C#CCC(C)NS(=O)(=O)c1cc(N)cc(F)c1. The molecule has 92 valence electrons. The van der Waals surface area contributed by atoms with E-state index >= 15 is 0 Å². The molecule has 1 unspecified atom stereocenters. The van der Waals surface area contributed by atoms with Gasteiger partial charge in [0, 0.05) is 18.2 Å². The van der Waals surface area contributed by atoms with Gasteiger partial charge in [-0.15, -0.1) is 12.3 Å². The zero-order valence-corrected chi connectivity index (χ0v) is 10.1. The summed E-state index contributed by atoms with van der Waals surface area (Å²) in [7, 11) is -3.79. The van der Waals surface area contributed by atoms with Gasteiger partial charge in [-0.25, -0.2) is 17.5 Å². The van der Waals surface area contributed by atoms with Crippen molar-refractivity contribution in [2.24, 2.45) is 0 Å². The van der Waals surface area contributed by atoms with Gasteiger partial charge in [-0.3, -0.25) is 0 Å². The highest BCUT2D eigenvalue weighted by molar-refractivity contribution is 7.89. The first-order valence-corrected chi connectivity index (χ1v) is 6.35. The van der Waals surface area contributed by atoms with Gasteiger partial charge in [0.05, 0.1) is 4.90 Å². The number of anilines is 1. The number of hydrogen-bond donors (Lipinski definition) is 2. The van der Waals surface area contributed by atoms with Crippen molar-refractivity contribution in [3.05, 3.63) is 24.0 Å². The lowest BCUT2D eigenvalue weighted by molar-refractivity contribution is 0.561. The molecule has 0 heterocycles. The maximum atomic E-state index is 13.0. The van der Waals surface area contributed by atoms with Crippen LogP contribution in [0.4, 0.5) is 10.1 Å². The quantitative estimate of drug-likeness (QED) is 0.626. The number of halogens is 1. The van der Waals surface area contributed by atoms with Crippen molar-refractivity contribution in [2.75, 3.05) is 5.73 Å². The van der Waals surface area contributed by atoms with E-state index in [4.69, 9.17) is 12.2 Å². The van der Waals surface area contributed by atoms with E-state index in [1.54, 1.807) is 6.92 Å². The molecule has 3 N–H and O–H groups in total. The Balaban J connectivity index is 3.02. The van der Waals surface area contributed by atoms with Crippen LogP contribution in [0.25, 0.3) is 0 Å². The van der Waals surface area contributed by atoms with Gasteiger partial charge in [0.25, 0.3) is 0 Å². The number of sulfonamides is 1. The molecule has 0 fully saturated rings. The Labute approximate surface area is 100 Å². The normalized spacial score (nSPS) is 13.0. The molecular weight excluding hydrogens is 243 g/mol. The van der Waals surface area contributed by atoms with E-state index in [-0.39, 0.29) is 17.0 Å². The Morgan fingerprint density at radius 3 is 2.71 bits per heavy atom. The Kier molecular flexibility index (Phi) is 4.10. The summed E-state index contributed by atoms with van der Waals surface area (Å²) in [5.41, 5.74) is 5.43. The summed E-state index contributed by atoms with van der Waals surface area (Å²) in [6.45, 7) is 1.63. The molecule has 4 nitrogen and oxygen atoms in total. The summed E-state index contributed by atoms with van der Waals surface area (Å²) >= 11 is 0. The molecule has 0 aliphatic carbocycles. The minimum atomic E-state index is -3.79. The van der Waals surface area contributed by atoms with Gasteiger partial charge in [-0.05, 0) is 25.1 Å². The number of terminal acetylenes is 1. The van der Waals surface area contributed by atoms with Gasteiger partial charge in [0.2, 0.25) is 10.0 Å². The van der Waals surface area contributed by atoms with Gasteiger partial charge in [-0.1, -0.05) is 0 Å². The van der Waals surface area contributed by atoms with E-state index in [1.807, 2.05) is 0 Å². The molecule has 17 heavy (non-hydrogen) atoms. The summed E-state index contributed by atoms with van der Waals surface area (Å²) < 4.78 is 39.0. The van der Waals surface area contributed by atoms with Crippen molar-refractivity contribution in [3.63, 3.8) is 0 Å². The van der Waals surface area contributed by atoms with Crippen LogP contribution in [0.15, 0.2) is 23.1 Å². The highest BCUT2D eigenvalue weighted by atomic mass is 32.2. The van der Waals surface area contributed by atoms with E-state index in [2.05, 4.69) is 10.6 Å². The molecule has 0 aliphatic rings. The van der Waals surface area contributed by atoms with Crippen LogP contribution >= 0.6 is 0 Å². The van der Waals surface area contributed by atoms with Crippen molar-refractivity contribution in [1.82, 2.24) is 4.72 Å². The van der Waals surface area contributed by atoms with E-state index < -0.39 is 21.9 Å². The molecule has 6 heteroatoms. The first-order valence-electron chi connectivity index (χ1n) is 4.87. The van der Waals surface area contributed by atoms with Gasteiger partial charge in [0.15, 0.2) is 0 Å². The third-order valence-electron chi connectivity index (χ3n) is 1.98. The highest BCUT2D eigenvalue weighted by Crippen LogP contribution is 2.16. The molecule has 1 aromatic rings. The lowest BCUT2D eigenvalue weighted by Gasteiger charge is -2.12. The van der Waals surface area contributed by atoms with Crippen LogP contribution in [0.2, 0.25) is 0 Å². The predicted molar refractivity (Wildman–Crippen MR) is 64.0 cm³/mol. The van der Waals surface area contributed by atoms with E-state index in [0.29, 0.717) is 0 Å². The standard InChI is InChI=1S/C11H13FN2O2S/c1-3-4-8(2)14-17(15,16)11-6-9(12)5-10(13)7-11/h1,5-8,14H,4,13H2,2H3. The predicted octanol–water partition coefficient (Wildman–Crippen LogP) is 1.10. The smallest absolute Gasteiger partial charge is 0.241 e. The Morgan fingerprint density at radius 1 is 1.53 bits per heavy atom. The van der Waals surface area contributed by atoms with Crippen LogP contribution in [0.5, 0.6) is 0 Å². The van der Waals surface area contributed by atoms with E-state index in [0.717, 1.165) is 12.1 Å². The zero-order chi connectivity index (χ0) is 13.1. The van der Waals surface area contributed by atoms with Crippen molar-refractivity contribution in [3.8, 4) is 12.3 Å². The fourth-order valence-electron chi connectivity index (χ4n) is 1.29. The molecule has 0 saturated heterocycles. The third kappa shape index (κ3) is 3.73. The van der Waals surface area contributed by atoms with Crippen LogP contribution in [-0.4, -0.2) is 14.5 Å². The van der Waals surface area contributed by atoms with Crippen molar-refractivity contribution in [1.29, 1.82) is 0 Å². The second-order valence-electron chi connectivity index (χ2n) is 3.65. The first kappa shape index (κ1) is 13.5. The summed E-state index contributed by atoms with van der Waals surface area (Å²) in [5.74, 6) is 1.64. The largest absolute Gasteiger partial charge is 0.399 e. The Hall–Kier alpha value is -1.58. The van der Waals surface area contributed by atoms with Gasteiger partial charge in [-0.2, -0.15) is 0 Å². The highest BCUT2D eigenvalue weighted by Gasteiger charge is 2.18. The van der Waals surface area contributed by atoms with Crippen LogP contribution < -0.4 is 10.5 Å². The van der Waals surface area contributed by atoms with Crippen LogP contribution in [0, 0.1) is 18.2 Å². The maximum absolute atomic E-state index is 13.0. The third-order valence-corrected chi connectivity index (χ3v) is 3.55. The molecule has 0 aromatic heterocycles. The van der Waals surface area contributed by atoms with Crippen molar-refractivity contribution in [2.45, 2.75) is 24.3 Å². The molecule has 1 rings (SSSR count). The molecule has 0 aliphatic heterocycles. The van der Waals surface area contributed by atoms with E-state index in [1.165, 1.54) is 6.07 Å². The van der Waals surface area contributed by atoms with Crippen LogP contribution in [0.3, 0.4) is 0 Å². The molecule has 1 atom stereocenters. The molecule has 1 aromatic carbocycles. The molecule has 0 radical (unpaired) electrons. The number of rotatable bonds is 4. The Morgan fingerprint density at radius 2 is 2.18 bits per heavy atom. The number of nitrogen functional groups attached to an aromatic ring is 1. The maximum Gasteiger partial charge on any atom is 0.241 e. The fraction of sp³-hybridized carbons (Fsp3) is 0.273. The van der Waals surface area contributed by atoms with E-state index in [9.17, 15) is 12.8 Å². The average molecular weight is 256 g/mol. The lowest BCUT2D eigenvalue weighted by Crippen LogP contribution is -2.32. The lowest BCUT2D eigenvalue weighted by atomic mass is 10.3. The molecule has 0 spiro atoms. The van der Waals surface area contributed by atoms with Gasteiger partial charge in [0.1, 0.15) is 5.82 Å². The molecular formula is C11H13FN2O2S. The minimum Gasteiger partial charge on any atom is -0.399 e. The molecule has 0 amide bonds. The molecule has 0 bridgehead atoms. The number of nitrogens with two attached hydrogens (primary N) is 1. The number of nitrogens with one attached hydrogen (secondary N) is 1. The molecule has 0 saturated carbocycles.